The molecule has 1 saturated carbocycles. The van der Waals surface area contributed by atoms with Crippen LogP contribution in [0.25, 0.3) is 0 Å². The second kappa shape index (κ2) is 6.40. The Morgan fingerprint density at radius 3 is 2.58 bits per heavy atom. The highest BCUT2D eigenvalue weighted by molar-refractivity contribution is 5.44. The number of aryl methyl sites for hydroxylation is 2. The van der Waals surface area contributed by atoms with E-state index < -0.39 is 0 Å². The first kappa shape index (κ1) is 14.4. The van der Waals surface area contributed by atoms with Gasteiger partial charge in [0.05, 0.1) is 13.2 Å². The number of ether oxygens (including phenoxy) is 1. The van der Waals surface area contributed by atoms with Crippen molar-refractivity contribution in [3.8, 4) is 5.75 Å². The molecule has 0 aromatic heterocycles. The monoisotopic (exact) mass is 263 g/mol. The van der Waals surface area contributed by atoms with Gasteiger partial charge in [-0.3, -0.25) is 0 Å². The lowest BCUT2D eigenvalue weighted by Crippen LogP contribution is -2.35. The van der Waals surface area contributed by atoms with Crippen molar-refractivity contribution in [1.82, 2.24) is 5.32 Å². The number of rotatable bonds is 7. The summed E-state index contributed by atoms with van der Waals surface area (Å²) in [6.07, 6.45) is 3.33. The van der Waals surface area contributed by atoms with Gasteiger partial charge >= 0.3 is 0 Å². The molecule has 3 nitrogen and oxygen atoms in total. The summed E-state index contributed by atoms with van der Waals surface area (Å²) in [5, 5.41) is 12.8. The Morgan fingerprint density at radius 2 is 1.95 bits per heavy atom. The fourth-order valence-electron chi connectivity index (χ4n) is 2.26. The van der Waals surface area contributed by atoms with Gasteiger partial charge in [-0.1, -0.05) is 12.1 Å². The van der Waals surface area contributed by atoms with Crippen molar-refractivity contribution >= 4 is 0 Å². The molecular formula is C16H25NO2. The molecule has 106 valence electrons. The average molecular weight is 263 g/mol. The van der Waals surface area contributed by atoms with Crippen LogP contribution in [0.2, 0.25) is 0 Å². The van der Waals surface area contributed by atoms with Crippen molar-refractivity contribution in [3.05, 3.63) is 28.8 Å². The summed E-state index contributed by atoms with van der Waals surface area (Å²) in [7, 11) is 0. The van der Waals surface area contributed by atoms with E-state index in [0.717, 1.165) is 12.2 Å². The smallest absolute Gasteiger partial charge is 0.125 e. The van der Waals surface area contributed by atoms with Gasteiger partial charge in [0.1, 0.15) is 5.75 Å². The lowest BCUT2D eigenvalue weighted by Gasteiger charge is -2.18. The first-order valence-corrected chi connectivity index (χ1v) is 7.18. The van der Waals surface area contributed by atoms with E-state index in [1.54, 1.807) is 0 Å². The zero-order valence-electron chi connectivity index (χ0n) is 12.2. The molecule has 0 spiro atoms. The fraction of sp³-hybridized carbons (Fsp3) is 0.625. The van der Waals surface area contributed by atoms with Crippen LogP contribution in [-0.4, -0.2) is 30.4 Å². The first-order valence-electron chi connectivity index (χ1n) is 7.18. The molecule has 2 N–H and O–H groups in total. The van der Waals surface area contributed by atoms with Crippen molar-refractivity contribution in [2.45, 2.75) is 52.1 Å². The lowest BCUT2D eigenvalue weighted by molar-refractivity contribution is 0.206. The highest BCUT2D eigenvalue weighted by atomic mass is 16.5. The lowest BCUT2D eigenvalue weighted by atomic mass is 10.1. The van der Waals surface area contributed by atoms with E-state index >= 15 is 0 Å². The molecular weight excluding hydrogens is 238 g/mol. The van der Waals surface area contributed by atoms with Gasteiger partial charge in [-0.2, -0.15) is 0 Å². The van der Waals surface area contributed by atoms with Crippen molar-refractivity contribution in [3.63, 3.8) is 0 Å². The molecule has 1 aliphatic rings. The Balaban J connectivity index is 1.85. The molecule has 1 aliphatic carbocycles. The first-order chi connectivity index (χ1) is 9.11. The van der Waals surface area contributed by atoms with Gasteiger partial charge in [0.25, 0.3) is 0 Å². The summed E-state index contributed by atoms with van der Waals surface area (Å²) in [6.45, 7) is 7.12. The number of aliphatic hydroxyl groups excluding tert-OH is 1. The van der Waals surface area contributed by atoms with E-state index in [4.69, 9.17) is 4.74 Å². The molecule has 1 aromatic carbocycles. The SMILES string of the molecule is Cc1ccc(C)c(OCCC(CO)NC2CC2)c1C. The molecule has 2 rings (SSSR count). The van der Waals surface area contributed by atoms with Crippen molar-refractivity contribution < 1.29 is 9.84 Å². The predicted molar refractivity (Wildman–Crippen MR) is 77.8 cm³/mol. The van der Waals surface area contributed by atoms with Gasteiger partial charge in [-0.15, -0.1) is 0 Å². The van der Waals surface area contributed by atoms with Crippen LogP contribution in [0.5, 0.6) is 5.75 Å². The van der Waals surface area contributed by atoms with E-state index in [2.05, 4.69) is 38.2 Å². The molecule has 0 aliphatic heterocycles. The predicted octanol–water partition coefficient (Wildman–Crippen LogP) is 2.49. The van der Waals surface area contributed by atoms with E-state index in [1.807, 2.05) is 0 Å². The maximum Gasteiger partial charge on any atom is 0.125 e. The van der Waals surface area contributed by atoms with Gasteiger partial charge in [-0.05, 0) is 56.7 Å². The highest BCUT2D eigenvalue weighted by Crippen LogP contribution is 2.26. The summed E-state index contributed by atoms with van der Waals surface area (Å²) in [5.74, 6) is 1.00. The van der Waals surface area contributed by atoms with Gasteiger partial charge in [0.2, 0.25) is 0 Å². The van der Waals surface area contributed by atoms with Crippen LogP contribution < -0.4 is 10.1 Å². The quantitative estimate of drug-likeness (QED) is 0.794. The number of aliphatic hydroxyl groups is 1. The number of hydrogen-bond donors (Lipinski definition) is 2. The Kier molecular flexibility index (Phi) is 4.83. The van der Waals surface area contributed by atoms with Crippen molar-refractivity contribution in [2.75, 3.05) is 13.2 Å². The minimum absolute atomic E-state index is 0.165. The third-order valence-electron chi connectivity index (χ3n) is 3.86. The summed E-state index contributed by atoms with van der Waals surface area (Å²) in [4.78, 5) is 0. The van der Waals surface area contributed by atoms with Crippen LogP contribution in [0.4, 0.5) is 0 Å². The van der Waals surface area contributed by atoms with Crippen LogP contribution in [0.1, 0.15) is 36.0 Å². The maximum absolute atomic E-state index is 9.34. The zero-order chi connectivity index (χ0) is 13.8. The van der Waals surface area contributed by atoms with Gasteiger partial charge < -0.3 is 15.2 Å². The second-order valence-electron chi connectivity index (χ2n) is 5.61. The molecule has 0 heterocycles. The minimum atomic E-state index is 0.165. The fourth-order valence-corrected chi connectivity index (χ4v) is 2.26. The molecule has 19 heavy (non-hydrogen) atoms. The molecule has 1 atom stereocenters. The highest BCUT2D eigenvalue weighted by Gasteiger charge is 2.24. The van der Waals surface area contributed by atoms with E-state index in [1.165, 1.54) is 29.5 Å². The van der Waals surface area contributed by atoms with E-state index in [9.17, 15) is 5.11 Å². The topological polar surface area (TPSA) is 41.5 Å². The van der Waals surface area contributed by atoms with Gasteiger partial charge in [-0.25, -0.2) is 0 Å². The molecule has 0 radical (unpaired) electrons. The van der Waals surface area contributed by atoms with Crippen molar-refractivity contribution in [2.24, 2.45) is 0 Å². The van der Waals surface area contributed by atoms with Crippen LogP contribution in [0.3, 0.4) is 0 Å². The standard InChI is InChI=1S/C16H25NO2/c1-11-4-5-12(2)16(13(11)3)19-9-8-15(10-18)17-14-6-7-14/h4-5,14-15,17-18H,6-10H2,1-3H3. The molecule has 3 heteroatoms. The molecule has 1 unspecified atom stereocenters. The van der Waals surface area contributed by atoms with Crippen LogP contribution >= 0.6 is 0 Å². The summed E-state index contributed by atoms with van der Waals surface area (Å²) in [5.41, 5.74) is 3.66. The number of nitrogens with one attached hydrogen (secondary N) is 1. The largest absolute Gasteiger partial charge is 0.493 e. The van der Waals surface area contributed by atoms with Crippen molar-refractivity contribution in [1.29, 1.82) is 0 Å². The molecule has 0 saturated heterocycles. The van der Waals surface area contributed by atoms with Crippen LogP contribution in [-0.2, 0) is 0 Å². The number of hydrogen-bond acceptors (Lipinski definition) is 3. The third kappa shape index (κ3) is 3.95. The molecule has 0 amide bonds. The van der Waals surface area contributed by atoms with E-state index in [0.29, 0.717) is 12.6 Å². The van der Waals surface area contributed by atoms with Gasteiger partial charge in [0.15, 0.2) is 0 Å². The maximum atomic E-state index is 9.34. The molecule has 1 fully saturated rings. The summed E-state index contributed by atoms with van der Waals surface area (Å²) >= 11 is 0. The van der Waals surface area contributed by atoms with Crippen LogP contribution in [0.15, 0.2) is 12.1 Å². The normalized spacial score (nSPS) is 16.4. The molecule has 1 aromatic rings. The summed E-state index contributed by atoms with van der Waals surface area (Å²) in [6, 6.07) is 5.02. The Hall–Kier alpha value is -1.06. The summed E-state index contributed by atoms with van der Waals surface area (Å²) < 4.78 is 5.93. The van der Waals surface area contributed by atoms with E-state index in [-0.39, 0.29) is 12.6 Å². The van der Waals surface area contributed by atoms with Gasteiger partial charge in [0, 0.05) is 12.1 Å². The minimum Gasteiger partial charge on any atom is -0.493 e. The number of benzene rings is 1. The molecule has 0 bridgehead atoms. The Morgan fingerprint density at radius 1 is 1.26 bits per heavy atom. The van der Waals surface area contributed by atoms with Crippen LogP contribution in [0, 0.1) is 20.8 Å². The third-order valence-corrected chi connectivity index (χ3v) is 3.86. The Labute approximate surface area is 116 Å². The Bertz CT molecular complexity index is 427. The zero-order valence-corrected chi connectivity index (χ0v) is 12.2. The average Bonchev–Trinajstić information content (AvgIpc) is 3.20. The second-order valence-corrected chi connectivity index (χ2v) is 5.61.